The van der Waals surface area contributed by atoms with Crippen LogP contribution in [0, 0.1) is 6.92 Å². The van der Waals surface area contributed by atoms with Crippen molar-refractivity contribution in [2.45, 2.75) is 13.1 Å². The molecule has 0 unspecified atom stereocenters. The monoisotopic (exact) mass is 303 g/mol. The lowest BCUT2D eigenvalue weighted by Gasteiger charge is -2.12. The third-order valence-corrected chi connectivity index (χ3v) is 3.58. The number of benzene rings is 2. The van der Waals surface area contributed by atoms with Crippen molar-refractivity contribution in [3.63, 3.8) is 0 Å². The van der Waals surface area contributed by atoms with Gasteiger partial charge in [0.1, 0.15) is 0 Å². The molecule has 0 spiro atoms. The second kappa shape index (κ2) is 5.02. The lowest BCUT2D eigenvalue weighted by atomic mass is 10.0. The van der Waals surface area contributed by atoms with Crippen LogP contribution < -0.4 is 5.43 Å². The molecule has 1 aromatic heterocycles. The molecule has 1 N–H and O–H groups in total. The standard InChI is InChI=1S/C17H12F3NO/c1-10-8-11(6-7-13(10)17(18,19)20)15-9-16(22)12-4-2-3-5-14(12)21-15/h2-9H,1H3,(H,21,22). The molecular weight excluding hydrogens is 291 g/mol. The van der Waals surface area contributed by atoms with E-state index in [9.17, 15) is 18.0 Å². The molecule has 0 aliphatic rings. The van der Waals surface area contributed by atoms with Gasteiger partial charge in [0.15, 0.2) is 5.43 Å². The predicted molar refractivity (Wildman–Crippen MR) is 79.7 cm³/mol. The number of rotatable bonds is 1. The summed E-state index contributed by atoms with van der Waals surface area (Å²) in [7, 11) is 0. The normalized spacial score (nSPS) is 11.8. The number of halogens is 3. The molecule has 3 aromatic rings. The topological polar surface area (TPSA) is 32.9 Å². The van der Waals surface area contributed by atoms with Crippen LogP contribution in [0.1, 0.15) is 11.1 Å². The van der Waals surface area contributed by atoms with Crippen LogP contribution in [0.5, 0.6) is 0 Å². The Bertz CT molecular complexity index is 910. The van der Waals surface area contributed by atoms with Crippen LogP contribution in [0.2, 0.25) is 0 Å². The first kappa shape index (κ1) is 14.4. The van der Waals surface area contributed by atoms with Gasteiger partial charge in [0, 0.05) is 22.7 Å². The third kappa shape index (κ3) is 2.50. The fraction of sp³-hybridized carbons (Fsp3) is 0.118. The maximum Gasteiger partial charge on any atom is 0.416 e. The smallest absolute Gasteiger partial charge is 0.354 e. The Kier molecular flexibility index (Phi) is 3.28. The number of H-pyrrole nitrogens is 1. The molecule has 0 saturated heterocycles. The van der Waals surface area contributed by atoms with E-state index in [0.29, 0.717) is 22.2 Å². The Morgan fingerprint density at radius 1 is 1.00 bits per heavy atom. The highest BCUT2D eigenvalue weighted by Crippen LogP contribution is 2.33. The fourth-order valence-electron chi connectivity index (χ4n) is 2.50. The lowest BCUT2D eigenvalue weighted by Crippen LogP contribution is -2.08. The van der Waals surface area contributed by atoms with E-state index in [-0.39, 0.29) is 11.0 Å². The van der Waals surface area contributed by atoms with E-state index in [4.69, 9.17) is 0 Å². The van der Waals surface area contributed by atoms with Gasteiger partial charge in [0.2, 0.25) is 0 Å². The van der Waals surface area contributed by atoms with Crippen molar-refractivity contribution in [2.75, 3.05) is 0 Å². The van der Waals surface area contributed by atoms with Gasteiger partial charge < -0.3 is 4.98 Å². The summed E-state index contributed by atoms with van der Waals surface area (Å²) in [5.41, 5.74) is 0.997. The number of hydrogen-bond acceptors (Lipinski definition) is 1. The molecule has 0 radical (unpaired) electrons. The van der Waals surface area contributed by atoms with Crippen LogP contribution in [0.4, 0.5) is 13.2 Å². The van der Waals surface area contributed by atoms with Crippen molar-refractivity contribution >= 4 is 10.9 Å². The van der Waals surface area contributed by atoms with Crippen LogP contribution in [-0.4, -0.2) is 4.98 Å². The van der Waals surface area contributed by atoms with Crippen molar-refractivity contribution in [1.29, 1.82) is 0 Å². The summed E-state index contributed by atoms with van der Waals surface area (Å²) < 4.78 is 38.4. The van der Waals surface area contributed by atoms with Gasteiger partial charge in [0.25, 0.3) is 0 Å². The van der Waals surface area contributed by atoms with E-state index in [1.807, 2.05) is 0 Å². The summed E-state index contributed by atoms with van der Waals surface area (Å²) in [5.74, 6) is 0. The van der Waals surface area contributed by atoms with Crippen molar-refractivity contribution in [3.8, 4) is 11.3 Å². The average molecular weight is 303 g/mol. The number of alkyl halides is 3. The zero-order chi connectivity index (χ0) is 15.9. The molecule has 1 heterocycles. The highest BCUT2D eigenvalue weighted by molar-refractivity contribution is 5.81. The summed E-state index contributed by atoms with van der Waals surface area (Å²) >= 11 is 0. The maximum absolute atomic E-state index is 12.8. The average Bonchev–Trinajstić information content (AvgIpc) is 2.46. The fourth-order valence-corrected chi connectivity index (χ4v) is 2.50. The minimum absolute atomic E-state index is 0.124. The zero-order valence-electron chi connectivity index (χ0n) is 11.7. The first-order valence-corrected chi connectivity index (χ1v) is 6.66. The predicted octanol–water partition coefficient (Wildman–Crippen LogP) is 4.52. The summed E-state index contributed by atoms with van der Waals surface area (Å²) in [4.78, 5) is 15.2. The Hall–Kier alpha value is -2.56. The van der Waals surface area contributed by atoms with Crippen LogP contribution in [0.3, 0.4) is 0 Å². The minimum Gasteiger partial charge on any atom is -0.354 e. The molecule has 0 fully saturated rings. The number of nitrogens with one attached hydrogen (secondary N) is 1. The van der Waals surface area contributed by atoms with E-state index in [0.717, 1.165) is 6.07 Å². The van der Waals surface area contributed by atoms with Gasteiger partial charge in [-0.25, -0.2) is 0 Å². The zero-order valence-corrected chi connectivity index (χ0v) is 11.7. The molecular formula is C17H12F3NO. The molecule has 0 atom stereocenters. The number of hydrogen-bond donors (Lipinski definition) is 1. The number of fused-ring (bicyclic) bond motifs is 1. The SMILES string of the molecule is Cc1cc(-c2cc(=O)c3ccccc3[nH]2)ccc1C(F)(F)F. The first-order chi connectivity index (χ1) is 10.4. The summed E-state index contributed by atoms with van der Waals surface area (Å²) in [6.07, 6.45) is -4.38. The summed E-state index contributed by atoms with van der Waals surface area (Å²) in [6.45, 7) is 1.41. The van der Waals surface area contributed by atoms with Crippen LogP contribution in [0.25, 0.3) is 22.2 Å². The van der Waals surface area contributed by atoms with E-state index in [1.54, 1.807) is 24.3 Å². The second-order valence-corrected chi connectivity index (χ2v) is 5.12. The van der Waals surface area contributed by atoms with Crippen molar-refractivity contribution in [2.24, 2.45) is 0 Å². The molecule has 112 valence electrons. The van der Waals surface area contributed by atoms with Crippen molar-refractivity contribution in [1.82, 2.24) is 4.98 Å². The molecule has 22 heavy (non-hydrogen) atoms. The van der Waals surface area contributed by atoms with Crippen LogP contribution in [-0.2, 0) is 6.18 Å². The first-order valence-electron chi connectivity index (χ1n) is 6.66. The minimum atomic E-state index is -4.38. The number of pyridine rings is 1. The third-order valence-electron chi connectivity index (χ3n) is 3.58. The van der Waals surface area contributed by atoms with Gasteiger partial charge in [-0.2, -0.15) is 13.2 Å². The van der Waals surface area contributed by atoms with Gasteiger partial charge in [-0.15, -0.1) is 0 Å². The Balaban J connectivity index is 2.16. The Morgan fingerprint density at radius 3 is 2.41 bits per heavy atom. The van der Waals surface area contributed by atoms with E-state index in [2.05, 4.69) is 4.98 Å². The molecule has 2 aromatic carbocycles. The van der Waals surface area contributed by atoms with E-state index >= 15 is 0 Å². The van der Waals surface area contributed by atoms with E-state index in [1.165, 1.54) is 25.1 Å². The number of aromatic amines is 1. The van der Waals surface area contributed by atoms with Crippen molar-refractivity contribution < 1.29 is 13.2 Å². The van der Waals surface area contributed by atoms with E-state index < -0.39 is 11.7 Å². The number of aromatic nitrogens is 1. The summed E-state index contributed by atoms with van der Waals surface area (Å²) in [6, 6.07) is 12.3. The highest BCUT2D eigenvalue weighted by atomic mass is 19.4. The molecule has 0 amide bonds. The quantitative estimate of drug-likeness (QED) is 0.704. The van der Waals surface area contributed by atoms with Crippen molar-refractivity contribution in [3.05, 3.63) is 69.9 Å². The number of para-hydroxylation sites is 1. The molecule has 0 saturated carbocycles. The van der Waals surface area contributed by atoms with Gasteiger partial charge in [0.05, 0.1) is 5.56 Å². The Labute approximate surface area is 124 Å². The Morgan fingerprint density at radius 2 is 1.73 bits per heavy atom. The van der Waals surface area contributed by atoms with Gasteiger partial charge >= 0.3 is 6.18 Å². The second-order valence-electron chi connectivity index (χ2n) is 5.12. The maximum atomic E-state index is 12.8. The molecule has 2 nitrogen and oxygen atoms in total. The number of aryl methyl sites for hydroxylation is 1. The lowest BCUT2D eigenvalue weighted by molar-refractivity contribution is -0.138. The molecule has 0 aliphatic carbocycles. The van der Waals surface area contributed by atoms with Gasteiger partial charge in [-0.3, -0.25) is 4.79 Å². The largest absolute Gasteiger partial charge is 0.416 e. The summed E-state index contributed by atoms with van der Waals surface area (Å²) in [5, 5.41) is 0.551. The molecule has 3 rings (SSSR count). The molecule has 0 bridgehead atoms. The van der Waals surface area contributed by atoms with Crippen LogP contribution in [0.15, 0.2) is 53.3 Å². The molecule has 0 aliphatic heterocycles. The molecule has 5 heteroatoms. The van der Waals surface area contributed by atoms with Gasteiger partial charge in [-0.05, 0) is 42.3 Å². The van der Waals surface area contributed by atoms with Crippen LogP contribution >= 0.6 is 0 Å². The van der Waals surface area contributed by atoms with Gasteiger partial charge in [-0.1, -0.05) is 18.2 Å². The highest BCUT2D eigenvalue weighted by Gasteiger charge is 2.32.